The van der Waals surface area contributed by atoms with Crippen molar-refractivity contribution in [1.29, 1.82) is 0 Å². The number of hydrogen-bond donors (Lipinski definition) is 1. The summed E-state index contributed by atoms with van der Waals surface area (Å²) in [5, 5.41) is 14.5. The van der Waals surface area contributed by atoms with Gasteiger partial charge in [0.25, 0.3) is 0 Å². The van der Waals surface area contributed by atoms with Crippen LogP contribution in [0, 0.1) is 0 Å². The summed E-state index contributed by atoms with van der Waals surface area (Å²) >= 11 is 6.17. The first kappa shape index (κ1) is 15.2. The molecule has 0 amide bonds. The van der Waals surface area contributed by atoms with Gasteiger partial charge in [-0.1, -0.05) is 24.9 Å². The zero-order valence-electron chi connectivity index (χ0n) is 11.9. The van der Waals surface area contributed by atoms with Crippen LogP contribution in [0.2, 0.25) is 5.15 Å². The fourth-order valence-electron chi connectivity index (χ4n) is 2.09. The van der Waals surface area contributed by atoms with Crippen molar-refractivity contribution in [3.63, 3.8) is 0 Å². The summed E-state index contributed by atoms with van der Waals surface area (Å²) in [6, 6.07) is 0. The molecule has 0 aliphatic rings. The number of hydrogen-bond acceptors (Lipinski definition) is 5. The lowest BCUT2D eigenvalue weighted by molar-refractivity contribution is 0.185. The zero-order valence-corrected chi connectivity index (χ0v) is 12.6. The average molecular weight is 298 g/mol. The Bertz CT molecular complexity index is 571. The third kappa shape index (κ3) is 3.45. The van der Waals surface area contributed by atoms with Gasteiger partial charge in [0, 0.05) is 13.6 Å². The van der Waals surface area contributed by atoms with Crippen LogP contribution < -0.4 is 0 Å². The molecule has 2 heterocycles. The van der Waals surface area contributed by atoms with E-state index < -0.39 is 0 Å². The fourth-order valence-corrected chi connectivity index (χ4v) is 2.32. The minimum absolute atomic E-state index is 0.130. The number of aryl methyl sites for hydroxylation is 1. The molecule has 0 fully saturated rings. The Labute approximate surface area is 123 Å². The Hall–Kier alpha value is -1.24. The maximum absolute atomic E-state index is 9.13. The van der Waals surface area contributed by atoms with Crippen LogP contribution >= 0.6 is 11.6 Å². The van der Waals surface area contributed by atoms with Crippen molar-refractivity contribution in [3.8, 4) is 0 Å². The van der Waals surface area contributed by atoms with Crippen molar-refractivity contribution in [2.75, 3.05) is 19.7 Å². The molecule has 2 rings (SSSR count). The fraction of sp³-hybridized carbons (Fsp3) is 0.615. The van der Waals surface area contributed by atoms with Gasteiger partial charge in [-0.25, -0.2) is 9.97 Å². The zero-order chi connectivity index (χ0) is 14.5. The van der Waals surface area contributed by atoms with Crippen LogP contribution in [0.4, 0.5) is 0 Å². The molecule has 0 saturated heterocycles. The second-order valence-corrected chi connectivity index (χ2v) is 5.15. The summed E-state index contributed by atoms with van der Waals surface area (Å²) in [6.45, 7) is 4.39. The molecule has 0 atom stereocenters. The van der Waals surface area contributed by atoms with Crippen molar-refractivity contribution in [3.05, 3.63) is 17.2 Å². The van der Waals surface area contributed by atoms with Gasteiger partial charge in [0.15, 0.2) is 5.65 Å². The highest BCUT2D eigenvalue weighted by atomic mass is 35.5. The SMILES string of the molecule is CCCCN(CCO)Cc1nc(Cl)c2cnn(C)c2n1. The molecule has 6 nitrogen and oxygen atoms in total. The highest BCUT2D eigenvalue weighted by Gasteiger charge is 2.12. The minimum Gasteiger partial charge on any atom is -0.395 e. The van der Waals surface area contributed by atoms with E-state index >= 15 is 0 Å². The minimum atomic E-state index is 0.130. The van der Waals surface area contributed by atoms with E-state index in [1.807, 2.05) is 7.05 Å². The molecular weight excluding hydrogens is 278 g/mol. The first-order valence-electron chi connectivity index (χ1n) is 6.83. The number of aromatic nitrogens is 4. The largest absolute Gasteiger partial charge is 0.395 e. The van der Waals surface area contributed by atoms with Crippen molar-refractivity contribution < 1.29 is 5.11 Å². The van der Waals surface area contributed by atoms with Crippen LogP contribution in [0.3, 0.4) is 0 Å². The monoisotopic (exact) mass is 297 g/mol. The van der Waals surface area contributed by atoms with E-state index in [4.69, 9.17) is 16.7 Å². The van der Waals surface area contributed by atoms with Crippen LogP contribution in [-0.4, -0.2) is 49.5 Å². The molecular formula is C13H20ClN5O. The van der Waals surface area contributed by atoms with Crippen molar-refractivity contribution in [1.82, 2.24) is 24.6 Å². The number of unbranched alkanes of at least 4 members (excludes halogenated alkanes) is 1. The van der Waals surface area contributed by atoms with Gasteiger partial charge in [0.2, 0.25) is 0 Å². The van der Waals surface area contributed by atoms with E-state index in [1.54, 1.807) is 10.9 Å². The maximum atomic E-state index is 9.13. The van der Waals surface area contributed by atoms with Crippen molar-refractivity contribution in [2.45, 2.75) is 26.3 Å². The summed E-state index contributed by atoms with van der Waals surface area (Å²) in [5.74, 6) is 0.663. The third-order valence-electron chi connectivity index (χ3n) is 3.20. The summed E-state index contributed by atoms with van der Waals surface area (Å²) < 4.78 is 1.69. The smallest absolute Gasteiger partial charge is 0.162 e. The Morgan fingerprint density at radius 1 is 1.35 bits per heavy atom. The average Bonchev–Trinajstić information content (AvgIpc) is 2.79. The number of fused-ring (bicyclic) bond motifs is 1. The van der Waals surface area contributed by atoms with Gasteiger partial charge in [-0.2, -0.15) is 5.10 Å². The quantitative estimate of drug-likeness (QED) is 0.787. The van der Waals surface area contributed by atoms with E-state index in [0.29, 0.717) is 24.1 Å². The second-order valence-electron chi connectivity index (χ2n) is 4.79. The van der Waals surface area contributed by atoms with E-state index in [0.717, 1.165) is 30.4 Å². The van der Waals surface area contributed by atoms with Crippen LogP contribution in [0.5, 0.6) is 0 Å². The van der Waals surface area contributed by atoms with Gasteiger partial charge in [0.05, 0.1) is 24.7 Å². The molecule has 0 aromatic carbocycles. The molecule has 0 spiro atoms. The normalized spacial score (nSPS) is 11.7. The van der Waals surface area contributed by atoms with E-state index in [-0.39, 0.29) is 6.61 Å². The summed E-state index contributed by atoms with van der Waals surface area (Å²) in [5.41, 5.74) is 0.736. The predicted octanol–water partition coefficient (Wildman–Crippen LogP) is 1.61. The predicted molar refractivity (Wildman–Crippen MR) is 78.6 cm³/mol. The number of aliphatic hydroxyl groups is 1. The third-order valence-corrected chi connectivity index (χ3v) is 3.49. The molecule has 0 radical (unpaired) electrons. The molecule has 1 N–H and O–H groups in total. The Kier molecular flexibility index (Phi) is 5.28. The molecule has 7 heteroatoms. The van der Waals surface area contributed by atoms with Crippen LogP contribution in [0.1, 0.15) is 25.6 Å². The van der Waals surface area contributed by atoms with E-state index in [2.05, 4.69) is 26.9 Å². The molecule has 2 aromatic rings. The van der Waals surface area contributed by atoms with Gasteiger partial charge in [0.1, 0.15) is 11.0 Å². The van der Waals surface area contributed by atoms with Crippen molar-refractivity contribution in [2.24, 2.45) is 7.05 Å². The maximum Gasteiger partial charge on any atom is 0.162 e. The summed E-state index contributed by atoms with van der Waals surface area (Å²) in [4.78, 5) is 11.0. The number of aliphatic hydroxyl groups excluding tert-OH is 1. The van der Waals surface area contributed by atoms with Gasteiger partial charge in [-0.15, -0.1) is 0 Å². The van der Waals surface area contributed by atoms with Gasteiger partial charge in [-0.3, -0.25) is 9.58 Å². The first-order chi connectivity index (χ1) is 9.65. The number of nitrogens with zero attached hydrogens (tertiary/aromatic N) is 5. The van der Waals surface area contributed by atoms with Crippen LogP contribution in [0.25, 0.3) is 11.0 Å². The molecule has 110 valence electrons. The van der Waals surface area contributed by atoms with Gasteiger partial charge < -0.3 is 5.11 Å². The highest BCUT2D eigenvalue weighted by molar-refractivity contribution is 6.33. The second kappa shape index (κ2) is 6.97. The number of rotatable bonds is 7. The Morgan fingerprint density at radius 3 is 2.85 bits per heavy atom. The summed E-state index contributed by atoms with van der Waals surface area (Å²) in [7, 11) is 1.83. The molecule has 0 aliphatic carbocycles. The van der Waals surface area contributed by atoms with Crippen LogP contribution in [-0.2, 0) is 13.6 Å². The molecule has 0 unspecified atom stereocenters. The lowest BCUT2D eigenvalue weighted by atomic mass is 10.3. The van der Waals surface area contributed by atoms with E-state index in [9.17, 15) is 0 Å². The molecule has 20 heavy (non-hydrogen) atoms. The Balaban J connectivity index is 2.20. The highest BCUT2D eigenvalue weighted by Crippen LogP contribution is 2.19. The number of halogens is 1. The molecule has 0 saturated carbocycles. The lowest BCUT2D eigenvalue weighted by Gasteiger charge is -2.20. The van der Waals surface area contributed by atoms with Crippen molar-refractivity contribution >= 4 is 22.6 Å². The Morgan fingerprint density at radius 2 is 2.15 bits per heavy atom. The van der Waals surface area contributed by atoms with Gasteiger partial charge >= 0.3 is 0 Å². The first-order valence-corrected chi connectivity index (χ1v) is 7.20. The topological polar surface area (TPSA) is 67.1 Å². The molecule has 0 aliphatic heterocycles. The van der Waals surface area contributed by atoms with Gasteiger partial charge in [-0.05, 0) is 13.0 Å². The lowest BCUT2D eigenvalue weighted by Crippen LogP contribution is -2.28. The molecule has 2 aromatic heterocycles. The van der Waals surface area contributed by atoms with E-state index in [1.165, 1.54) is 0 Å². The molecule has 0 bridgehead atoms. The summed E-state index contributed by atoms with van der Waals surface area (Å²) in [6.07, 6.45) is 3.87. The van der Waals surface area contributed by atoms with Crippen LogP contribution in [0.15, 0.2) is 6.20 Å². The standard InChI is InChI=1S/C13H20ClN5O/c1-3-4-5-19(6-7-20)9-11-16-12(14)10-8-15-18(2)13(10)17-11/h8,20H,3-7,9H2,1-2H3.